The van der Waals surface area contributed by atoms with Crippen molar-refractivity contribution in [1.82, 2.24) is 15.5 Å². The van der Waals surface area contributed by atoms with Crippen molar-refractivity contribution >= 4 is 35.8 Å². The molecule has 2 N–H and O–H groups in total. The van der Waals surface area contributed by atoms with Crippen LogP contribution in [0.4, 0.5) is 0 Å². The van der Waals surface area contributed by atoms with E-state index in [0.717, 1.165) is 25.8 Å². The molecule has 7 heteroatoms. The van der Waals surface area contributed by atoms with Gasteiger partial charge in [-0.2, -0.15) is 5.26 Å². The van der Waals surface area contributed by atoms with Crippen LogP contribution in [0, 0.1) is 23.2 Å². The van der Waals surface area contributed by atoms with E-state index in [1.165, 1.54) is 32.1 Å². The molecule has 2 aliphatic rings. The zero-order chi connectivity index (χ0) is 17.4. The Labute approximate surface area is 168 Å². The number of aliphatic imine (C=N–C) groups is 1. The van der Waals surface area contributed by atoms with Crippen LogP contribution in [0.15, 0.2) is 4.99 Å². The number of carbonyl (C=O) groups is 1. The summed E-state index contributed by atoms with van der Waals surface area (Å²) in [6, 6.07) is 2.53. The first-order chi connectivity index (χ1) is 11.6. The zero-order valence-corrected chi connectivity index (χ0v) is 17.8. The van der Waals surface area contributed by atoms with Gasteiger partial charge >= 0.3 is 0 Å². The monoisotopic (exact) mass is 461 g/mol. The number of nitriles is 1. The lowest BCUT2D eigenvalue weighted by molar-refractivity contribution is -0.127. The van der Waals surface area contributed by atoms with Crippen LogP contribution in [-0.4, -0.2) is 50.0 Å². The second kappa shape index (κ2) is 11.6. The van der Waals surface area contributed by atoms with Crippen LogP contribution in [-0.2, 0) is 4.79 Å². The fourth-order valence-electron chi connectivity index (χ4n) is 3.54. The van der Waals surface area contributed by atoms with Crippen molar-refractivity contribution in [1.29, 1.82) is 5.26 Å². The number of halogens is 1. The van der Waals surface area contributed by atoms with Crippen LogP contribution in [0.1, 0.15) is 51.4 Å². The molecule has 25 heavy (non-hydrogen) atoms. The molecule has 0 heterocycles. The van der Waals surface area contributed by atoms with E-state index in [1.807, 2.05) is 0 Å². The van der Waals surface area contributed by atoms with E-state index < -0.39 is 0 Å². The highest BCUT2D eigenvalue weighted by Gasteiger charge is 2.28. The van der Waals surface area contributed by atoms with Gasteiger partial charge in [0.15, 0.2) is 5.96 Å². The van der Waals surface area contributed by atoms with Crippen molar-refractivity contribution in [3.8, 4) is 6.07 Å². The maximum atomic E-state index is 11.8. The second-order valence-electron chi connectivity index (χ2n) is 7.26. The predicted octanol–water partition coefficient (Wildman–Crippen LogP) is 2.50. The molecule has 1 amide bonds. The van der Waals surface area contributed by atoms with Crippen molar-refractivity contribution < 1.29 is 4.79 Å². The highest BCUT2D eigenvalue weighted by molar-refractivity contribution is 14.0. The lowest BCUT2D eigenvalue weighted by atomic mass is 9.89. The van der Waals surface area contributed by atoms with Gasteiger partial charge < -0.3 is 15.5 Å². The third-order valence-electron chi connectivity index (χ3n) is 5.16. The Morgan fingerprint density at radius 1 is 1.16 bits per heavy atom. The first-order valence-corrected chi connectivity index (χ1v) is 9.24. The van der Waals surface area contributed by atoms with Crippen molar-refractivity contribution in [2.75, 3.05) is 27.2 Å². The van der Waals surface area contributed by atoms with Gasteiger partial charge in [0.25, 0.3) is 0 Å². The molecular weight excluding hydrogens is 429 g/mol. The van der Waals surface area contributed by atoms with Crippen LogP contribution < -0.4 is 10.6 Å². The number of nitrogens with one attached hydrogen (secondary N) is 2. The molecule has 142 valence electrons. The van der Waals surface area contributed by atoms with E-state index in [2.05, 4.69) is 21.7 Å². The number of amides is 1. The maximum Gasteiger partial charge on any atom is 0.243 e. The number of nitrogens with zero attached hydrogens (tertiary/aromatic N) is 3. The normalized spacial score (nSPS) is 24.1. The third kappa shape index (κ3) is 7.38. The summed E-state index contributed by atoms with van der Waals surface area (Å²) < 4.78 is 0. The summed E-state index contributed by atoms with van der Waals surface area (Å²) in [5.74, 6) is 1.39. The standard InChI is InChI=1S/C18H31N5O.HI/c1-23(2)17(24)13-21-18(20-12-14-7-4-3-5-8-14)22-16-10-6-9-15(16)11-19;/h14-16H,3-10,12-13H2,1-2H3,(H2,20,21,22);1H. The fraction of sp³-hybridized carbons (Fsp3) is 0.833. The van der Waals surface area contributed by atoms with Crippen molar-refractivity contribution in [2.24, 2.45) is 16.8 Å². The average molecular weight is 461 g/mol. The number of rotatable bonds is 5. The summed E-state index contributed by atoms with van der Waals surface area (Å²) in [5.41, 5.74) is 0. The minimum Gasteiger partial charge on any atom is -0.356 e. The molecule has 2 unspecified atom stereocenters. The lowest BCUT2D eigenvalue weighted by Crippen LogP contribution is -2.46. The smallest absolute Gasteiger partial charge is 0.243 e. The van der Waals surface area contributed by atoms with E-state index in [4.69, 9.17) is 0 Å². The van der Waals surface area contributed by atoms with Crippen LogP contribution >= 0.6 is 24.0 Å². The fourth-order valence-corrected chi connectivity index (χ4v) is 3.54. The first kappa shape index (κ1) is 22.0. The molecule has 0 aromatic carbocycles. The molecule has 6 nitrogen and oxygen atoms in total. The molecule has 0 saturated heterocycles. The number of likely N-dealkylation sites (N-methyl/N-ethyl adjacent to an activating group) is 1. The van der Waals surface area contributed by atoms with Gasteiger partial charge in [0.2, 0.25) is 5.91 Å². The molecule has 0 spiro atoms. The highest BCUT2D eigenvalue weighted by atomic mass is 127. The largest absolute Gasteiger partial charge is 0.356 e. The van der Waals surface area contributed by atoms with Gasteiger partial charge in [-0.15, -0.1) is 24.0 Å². The molecule has 2 rings (SSSR count). The minimum absolute atomic E-state index is 0. The Hall–Kier alpha value is -1.04. The summed E-state index contributed by atoms with van der Waals surface area (Å²) in [6.07, 6.45) is 9.50. The molecule has 0 aromatic rings. The molecule has 2 fully saturated rings. The molecule has 2 aliphatic carbocycles. The van der Waals surface area contributed by atoms with Crippen molar-refractivity contribution in [2.45, 2.75) is 57.4 Å². The number of guanidine groups is 1. The van der Waals surface area contributed by atoms with Crippen LogP contribution in [0.3, 0.4) is 0 Å². The van der Waals surface area contributed by atoms with E-state index in [0.29, 0.717) is 11.9 Å². The summed E-state index contributed by atoms with van der Waals surface area (Å²) in [4.78, 5) is 17.8. The van der Waals surface area contributed by atoms with E-state index in [9.17, 15) is 10.1 Å². The minimum atomic E-state index is -0.0166. The van der Waals surface area contributed by atoms with Gasteiger partial charge in [-0.3, -0.25) is 4.79 Å². The predicted molar refractivity (Wildman–Crippen MR) is 111 cm³/mol. The Morgan fingerprint density at radius 3 is 2.52 bits per heavy atom. The Balaban J connectivity index is 0.00000312. The Kier molecular flexibility index (Phi) is 10.2. The summed E-state index contributed by atoms with van der Waals surface area (Å²) in [5, 5.41) is 16.1. The van der Waals surface area contributed by atoms with Gasteiger partial charge in [0.1, 0.15) is 6.54 Å². The maximum absolute atomic E-state index is 11.8. The van der Waals surface area contributed by atoms with Gasteiger partial charge in [-0.1, -0.05) is 19.3 Å². The lowest BCUT2D eigenvalue weighted by Gasteiger charge is -2.25. The van der Waals surface area contributed by atoms with Gasteiger partial charge in [-0.05, 0) is 38.0 Å². The first-order valence-electron chi connectivity index (χ1n) is 9.24. The van der Waals surface area contributed by atoms with Gasteiger partial charge in [0.05, 0.1) is 12.0 Å². The zero-order valence-electron chi connectivity index (χ0n) is 15.5. The molecule has 0 radical (unpaired) electrons. The molecular formula is C18H32IN5O. The average Bonchev–Trinajstić information content (AvgIpc) is 3.04. The third-order valence-corrected chi connectivity index (χ3v) is 5.16. The van der Waals surface area contributed by atoms with E-state index >= 15 is 0 Å². The van der Waals surface area contributed by atoms with E-state index in [1.54, 1.807) is 19.0 Å². The molecule has 2 atom stereocenters. The van der Waals surface area contributed by atoms with Crippen LogP contribution in [0.5, 0.6) is 0 Å². The topological polar surface area (TPSA) is 80.5 Å². The van der Waals surface area contributed by atoms with Gasteiger partial charge in [-0.25, -0.2) is 4.99 Å². The second-order valence-corrected chi connectivity index (χ2v) is 7.26. The molecule has 2 saturated carbocycles. The van der Waals surface area contributed by atoms with Crippen molar-refractivity contribution in [3.05, 3.63) is 0 Å². The summed E-state index contributed by atoms with van der Waals surface area (Å²) >= 11 is 0. The summed E-state index contributed by atoms with van der Waals surface area (Å²) in [6.45, 7) is 1.03. The number of carbonyl (C=O) groups excluding carboxylic acids is 1. The summed E-state index contributed by atoms with van der Waals surface area (Å²) in [7, 11) is 3.48. The van der Waals surface area contributed by atoms with E-state index in [-0.39, 0.29) is 48.4 Å². The van der Waals surface area contributed by atoms with Crippen LogP contribution in [0.25, 0.3) is 0 Å². The molecule has 0 aliphatic heterocycles. The Bertz CT molecular complexity index is 482. The molecule has 0 bridgehead atoms. The van der Waals surface area contributed by atoms with Gasteiger partial charge in [0, 0.05) is 26.7 Å². The SMILES string of the molecule is CN(C)C(=O)CN=C(NCC1CCCCC1)NC1CCCC1C#N.I. The molecule has 0 aromatic heterocycles. The van der Waals surface area contributed by atoms with Crippen LogP contribution in [0.2, 0.25) is 0 Å². The number of hydrogen-bond donors (Lipinski definition) is 2. The number of hydrogen-bond acceptors (Lipinski definition) is 3. The Morgan fingerprint density at radius 2 is 1.88 bits per heavy atom. The highest BCUT2D eigenvalue weighted by Crippen LogP contribution is 2.25. The van der Waals surface area contributed by atoms with Crippen molar-refractivity contribution in [3.63, 3.8) is 0 Å². The quantitative estimate of drug-likeness (QED) is 0.375.